The maximum atomic E-state index is 12.1. The molecule has 141 valence electrons. The van der Waals surface area contributed by atoms with Gasteiger partial charge in [0.2, 0.25) is 0 Å². The number of carboxylic acids is 1. The van der Waals surface area contributed by atoms with E-state index in [2.05, 4.69) is 0 Å². The van der Waals surface area contributed by atoms with Gasteiger partial charge in [0.15, 0.2) is 0 Å². The van der Waals surface area contributed by atoms with Crippen LogP contribution in [0.25, 0.3) is 0 Å². The summed E-state index contributed by atoms with van der Waals surface area (Å²) in [6.45, 7) is 12.4. The average Bonchev–Trinajstić information content (AvgIpc) is 2.13. The average molecular weight is 411 g/mol. The second kappa shape index (κ2) is 13.3. The Labute approximate surface area is 171 Å². The van der Waals surface area contributed by atoms with E-state index in [9.17, 15) is 14.7 Å². The number of carboxylic acid groups (broad SMARTS) is 1. The number of carbonyl (C=O) groups is 2. The minimum Gasteiger partial charge on any atom is -0.481 e. The minimum atomic E-state index is -0.902. The molecule has 0 fully saturated rings. The van der Waals surface area contributed by atoms with Crippen LogP contribution in [0.1, 0.15) is 91.0 Å². The number of hydrogen-bond donors (Lipinski definition) is 1. The second-order valence-electron chi connectivity index (χ2n) is 6.78. The van der Waals surface area contributed by atoms with E-state index in [4.69, 9.17) is 4.74 Å². The van der Waals surface area contributed by atoms with Crippen LogP contribution in [0.4, 0.5) is 0 Å². The van der Waals surface area contributed by atoms with Gasteiger partial charge in [-0.05, 0) is 54.4 Å². The van der Waals surface area contributed by atoms with Gasteiger partial charge < -0.3 is 9.84 Å². The Morgan fingerprint density at radius 1 is 0.913 bits per heavy atom. The molecule has 1 radical (unpaired) electrons. The zero-order chi connectivity index (χ0) is 14.8. The number of ether oxygens (including phenoxy) is 1. The number of carbonyl (C=O) groups excluding carboxylic acids is 1. The summed E-state index contributed by atoms with van der Waals surface area (Å²) < 4.78 is 5.34. The first-order valence-electron chi connectivity index (χ1n) is 6.31. The largest absolute Gasteiger partial charge is 0.481 e. The van der Waals surface area contributed by atoms with Gasteiger partial charge in [-0.3, -0.25) is 9.59 Å². The van der Waals surface area contributed by atoms with Crippen LogP contribution < -0.4 is 0 Å². The molecule has 1 unspecified atom stereocenters. The van der Waals surface area contributed by atoms with Crippen molar-refractivity contribution in [1.82, 2.24) is 0 Å². The number of hydrogen-bond acceptors (Lipinski definition) is 3. The molecule has 0 aromatic heterocycles. The van der Waals surface area contributed by atoms with Gasteiger partial charge in [0.05, 0.1) is 10.8 Å². The van der Waals surface area contributed by atoms with Crippen LogP contribution in [0.15, 0.2) is 0 Å². The molecular formula is C18H42O4Y. The van der Waals surface area contributed by atoms with Gasteiger partial charge in [-0.25, -0.2) is 0 Å². The van der Waals surface area contributed by atoms with Crippen LogP contribution in [0, 0.1) is 10.8 Å². The zero-order valence-corrected chi connectivity index (χ0v) is 16.0. The van der Waals surface area contributed by atoms with Crippen LogP contribution in [0.5, 0.6) is 0 Å². The third-order valence-corrected chi connectivity index (χ3v) is 3.08. The molecule has 0 aromatic rings. The molecule has 23 heavy (non-hydrogen) atoms. The Hall–Kier alpha value is 0.0439. The standard InChI is InChI=1S/C14H26O4.4CH4.Y/c1-8-14(7,10(15)16)9-13(5,6)11(17)18-12(2,3)4;;;;;/h8-9H2,1-7H3,(H,15,16);4*1H4;. The summed E-state index contributed by atoms with van der Waals surface area (Å²) in [5.74, 6) is -1.22. The normalized spacial score (nSPS) is 12.5. The van der Waals surface area contributed by atoms with Crippen molar-refractivity contribution in [3.8, 4) is 0 Å². The Morgan fingerprint density at radius 3 is 1.48 bits per heavy atom. The van der Waals surface area contributed by atoms with Crippen LogP contribution in [-0.2, 0) is 47.0 Å². The smallest absolute Gasteiger partial charge is 0.312 e. The summed E-state index contributed by atoms with van der Waals surface area (Å²) in [7, 11) is 0. The van der Waals surface area contributed by atoms with Crippen LogP contribution >= 0.6 is 0 Å². The van der Waals surface area contributed by atoms with Gasteiger partial charge in [-0.15, -0.1) is 0 Å². The first-order chi connectivity index (χ1) is 7.84. The van der Waals surface area contributed by atoms with Crippen molar-refractivity contribution in [3.05, 3.63) is 0 Å². The SMILES string of the molecule is C.C.C.C.CCC(C)(CC(C)(C)C(=O)OC(C)(C)C)C(=O)O.[Y]. The first kappa shape index (κ1) is 38.5. The zero-order valence-electron chi connectivity index (χ0n) is 13.2. The van der Waals surface area contributed by atoms with Crippen molar-refractivity contribution in [1.29, 1.82) is 0 Å². The fourth-order valence-corrected chi connectivity index (χ4v) is 1.82. The van der Waals surface area contributed by atoms with Gasteiger partial charge in [-0.2, -0.15) is 0 Å². The van der Waals surface area contributed by atoms with Crippen molar-refractivity contribution in [2.45, 2.75) is 96.6 Å². The van der Waals surface area contributed by atoms with E-state index in [1.165, 1.54) is 0 Å². The third-order valence-electron chi connectivity index (χ3n) is 3.08. The molecule has 1 atom stereocenters. The molecule has 0 rings (SSSR count). The summed E-state index contributed by atoms with van der Waals surface area (Å²) in [5.41, 5.74) is -2.27. The van der Waals surface area contributed by atoms with Gasteiger partial charge in [0.25, 0.3) is 0 Å². The molecule has 4 nitrogen and oxygen atoms in total. The predicted molar refractivity (Wildman–Crippen MR) is 97.2 cm³/mol. The Kier molecular flexibility index (Phi) is 22.4. The number of rotatable bonds is 5. The molecule has 0 saturated carbocycles. The summed E-state index contributed by atoms with van der Waals surface area (Å²) in [6.07, 6.45) is 0.745. The van der Waals surface area contributed by atoms with E-state index in [1.807, 2.05) is 6.92 Å². The molecule has 0 spiro atoms. The molecule has 0 aliphatic carbocycles. The topological polar surface area (TPSA) is 63.6 Å². The third kappa shape index (κ3) is 13.1. The van der Waals surface area contributed by atoms with Crippen molar-refractivity contribution < 1.29 is 52.1 Å². The fourth-order valence-electron chi connectivity index (χ4n) is 1.82. The van der Waals surface area contributed by atoms with Crippen molar-refractivity contribution in [2.24, 2.45) is 10.8 Å². The first-order valence-corrected chi connectivity index (χ1v) is 6.31. The molecule has 0 amide bonds. The molecule has 0 aromatic carbocycles. The van der Waals surface area contributed by atoms with E-state index in [0.717, 1.165) is 0 Å². The molecule has 0 heterocycles. The van der Waals surface area contributed by atoms with E-state index in [-0.39, 0.29) is 74.8 Å². The summed E-state index contributed by atoms with van der Waals surface area (Å²) in [6, 6.07) is 0. The summed E-state index contributed by atoms with van der Waals surface area (Å²) in [4.78, 5) is 23.4. The number of aliphatic carboxylic acids is 1. The quantitative estimate of drug-likeness (QED) is 0.582. The Bertz CT molecular complexity index is 332. The van der Waals surface area contributed by atoms with Crippen molar-refractivity contribution >= 4 is 11.9 Å². The molecular weight excluding hydrogens is 369 g/mol. The van der Waals surface area contributed by atoms with Crippen molar-refractivity contribution in [2.75, 3.05) is 0 Å². The molecule has 5 heteroatoms. The van der Waals surface area contributed by atoms with Crippen LogP contribution in [0.2, 0.25) is 0 Å². The molecule has 1 N–H and O–H groups in total. The van der Waals surface area contributed by atoms with E-state index >= 15 is 0 Å². The fraction of sp³-hybridized carbons (Fsp3) is 0.889. The van der Waals surface area contributed by atoms with Gasteiger partial charge in [-0.1, -0.05) is 36.6 Å². The van der Waals surface area contributed by atoms with Gasteiger partial charge >= 0.3 is 11.9 Å². The minimum absolute atomic E-state index is 0. The maximum absolute atomic E-state index is 12.1. The van der Waals surface area contributed by atoms with E-state index in [1.54, 1.807) is 41.5 Å². The molecule has 0 aliphatic heterocycles. The van der Waals surface area contributed by atoms with E-state index in [0.29, 0.717) is 6.42 Å². The van der Waals surface area contributed by atoms with E-state index < -0.39 is 22.4 Å². The predicted octanol–water partition coefficient (Wildman–Crippen LogP) is 5.79. The maximum Gasteiger partial charge on any atom is 0.312 e. The van der Waals surface area contributed by atoms with Crippen LogP contribution in [-0.4, -0.2) is 22.6 Å². The Morgan fingerprint density at radius 2 is 1.26 bits per heavy atom. The van der Waals surface area contributed by atoms with Crippen molar-refractivity contribution in [3.63, 3.8) is 0 Å². The summed E-state index contributed by atoms with van der Waals surface area (Å²) >= 11 is 0. The monoisotopic (exact) mass is 411 g/mol. The van der Waals surface area contributed by atoms with Crippen LogP contribution in [0.3, 0.4) is 0 Å². The molecule has 0 bridgehead atoms. The summed E-state index contributed by atoms with van der Waals surface area (Å²) in [5, 5.41) is 9.26. The molecule has 0 aliphatic rings. The second-order valence-corrected chi connectivity index (χ2v) is 6.78. The van der Waals surface area contributed by atoms with Gasteiger partial charge in [0, 0.05) is 32.7 Å². The number of esters is 1. The van der Waals surface area contributed by atoms with Gasteiger partial charge in [0.1, 0.15) is 5.60 Å². The molecule has 0 saturated heterocycles. The Balaban J connectivity index is -0.000000144.